The van der Waals surface area contributed by atoms with Crippen LogP contribution in [0.25, 0.3) is 0 Å². The molecule has 0 saturated carbocycles. The zero-order valence-corrected chi connectivity index (χ0v) is 15.6. The topological polar surface area (TPSA) is 48.8 Å². The molecule has 0 atom stereocenters. The number of hydrogen-bond acceptors (Lipinski definition) is 2. The molecule has 7 heteroatoms. The number of nitrogens with zero attached hydrogens (tertiary/aromatic N) is 1. The van der Waals surface area contributed by atoms with E-state index >= 15 is 0 Å². The fraction of sp³-hybridized carbons (Fsp3) is 0.556. The van der Waals surface area contributed by atoms with E-state index in [4.69, 9.17) is 12.2 Å². The molecule has 1 aliphatic rings. The summed E-state index contributed by atoms with van der Waals surface area (Å²) in [7, 11) is 0. The minimum absolute atomic E-state index is 0.133. The fourth-order valence-electron chi connectivity index (χ4n) is 2.79. The highest BCUT2D eigenvalue weighted by Gasteiger charge is 2.23. The van der Waals surface area contributed by atoms with Crippen molar-refractivity contribution >= 4 is 23.2 Å². The number of thiocarbonyl (C=S) groups is 1. The van der Waals surface area contributed by atoms with Gasteiger partial charge in [-0.1, -0.05) is 25.5 Å². The van der Waals surface area contributed by atoms with E-state index in [9.17, 15) is 9.18 Å². The highest BCUT2D eigenvalue weighted by molar-refractivity contribution is 7.80. The Morgan fingerprint density at radius 3 is 2.56 bits per heavy atom. The number of carbonyl (C=O) groups is 1. The molecule has 1 aromatic carbocycles. The van der Waals surface area contributed by atoms with Crippen LogP contribution in [0.4, 0.5) is 4.39 Å². The molecule has 1 fully saturated rings. The number of piperazine rings is 1. The van der Waals surface area contributed by atoms with E-state index in [1.165, 1.54) is 17.0 Å². The third kappa shape index (κ3) is 6.96. The first kappa shape index (κ1) is 19.6. The molecule has 1 amide bonds. The first-order chi connectivity index (χ1) is 12.1. The van der Waals surface area contributed by atoms with Gasteiger partial charge in [0.25, 0.3) is 5.91 Å². The van der Waals surface area contributed by atoms with Crippen LogP contribution in [0, 0.1) is 5.82 Å². The monoisotopic (exact) mass is 367 g/mol. The van der Waals surface area contributed by atoms with E-state index < -0.39 is 0 Å². The van der Waals surface area contributed by atoms with Crippen LogP contribution < -0.4 is 15.5 Å². The van der Waals surface area contributed by atoms with Gasteiger partial charge in [-0.25, -0.2) is 4.39 Å². The summed E-state index contributed by atoms with van der Waals surface area (Å²) in [6.45, 7) is 7.49. The van der Waals surface area contributed by atoms with Crippen molar-refractivity contribution in [2.45, 2.75) is 26.3 Å². The second-order valence-corrected chi connectivity index (χ2v) is 6.79. The average molecular weight is 368 g/mol. The number of carbonyl (C=O) groups excluding carboxylic acids is 1. The molecule has 0 aliphatic carbocycles. The number of hydrogen-bond donors (Lipinski definition) is 3. The van der Waals surface area contributed by atoms with Crippen molar-refractivity contribution in [2.24, 2.45) is 0 Å². The Balaban J connectivity index is 1.66. The van der Waals surface area contributed by atoms with Crippen LogP contribution in [-0.2, 0) is 11.3 Å². The number of nitrogens with one attached hydrogen (secondary N) is 3. The first-order valence-corrected chi connectivity index (χ1v) is 9.36. The van der Waals surface area contributed by atoms with E-state index in [-0.39, 0.29) is 11.7 Å². The third-order valence-corrected chi connectivity index (χ3v) is 4.78. The molecule has 0 spiro atoms. The van der Waals surface area contributed by atoms with Crippen molar-refractivity contribution in [1.29, 1.82) is 0 Å². The van der Waals surface area contributed by atoms with Crippen LogP contribution in [0.15, 0.2) is 24.3 Å². The molecule has 25 heavy (non-hydrogen) atoms. The average Bonchev–Trinajstić information content (AvgIpc) is 2.62. The number of amides is 1. The number of benzene rings is 1. The summed E-state index contributed by atoms with van der Waals surface area (Å²) in [6.07, 6.45) is 2.12. The lowest BCUT2D eigenvalue weighted by Gasteiger charge is -2.33. The maximum absolute atomic E-state index is 12.9. The van der Waals surface area contributed by atoms with E-state index in [2.05, 4.69) is 22.5 Å². The highest BCUT2D eigenvalue weighted by Crippen LogP contribution is 2.02. The Bertz CT molecular complexity index is 559. The van der Waals surface area contributed by atoms with Crippen molar-refractivity contribution < 1.29 is 14.1 Å². The minimum atomic E-state index is -0.232. The Morgan fingerprint density at radius 2 is 1.92 bits per heavy atom. The van der Waals surface area contributed by atoms with Gasteiger partial charge in [-0.3, -0.25) is 4.79 Å². The molecule has 1 aliphatic heterocycles. The summed E-state index contributed by atoms with van der Waals surface area (Å²) in [4.78, 5) is 15.3. The molecule has 0 radical (unpaired) electrons. The highest BCUT2D eigenvalue weighted by atomic mass is 32.1. The quantitative estimate of drug-likeness (QED) is 0.480. The molecule has 0 bridgehead atoms. The van der Waals surface area contributed by atoms with Crippen LogP contribution in [0.5, 0.6) is 0 Å². The second-order valence-electron chi connectivity index (χ2n) is 6.40. The maximum Gasteiger partial charge on any atom is 0.275 e. The van der Waals surface area contributed by atoms with Gasteiger partial charge in [-0.05, 0) is 36.3 Å². The van der Waals surface area contributed by atoms with Crippen molar-refractivity contribution in [1.82, 2.24) is 15.5 Å². The smallest absolute Gasteiger partial charge is 0.275 e. The van der Waals surface area contributed by atoms with Gasteiger partial charge in [0.2, 0.25) is 0 Å². The van der Waals surface area contributed by atoms with E-state index in [1.807, 2.05) is 0 Å². The molecule has 1 aromatic rings. The lowest BCUT2D eigenvalue weighted by Crippen LogP contribution is -3.15. The predicted molar refractivity (Wildman–Crippen MR) is 101 cm³/mol. The van der Waals surface area contributed by atoms with Gasteiger partial charge in [0.15, 0.2) is 11.7 Å². The van der Waals surface area contributed by atoms with Gasteiger partial charge < -0.3 is 20.4 Å². The van der Waals surface area contributed by atoms with Crippen molar-refractivity contribution in [3.8, 4) is 0 Å². The SMILES string of the molecule is CCCCNC(=O)C[NH+]1CCN(C(=S)NCc2ccc(F)cc2)CC1. The predicted octanol–water partition coefficient (Wildman–Crippen LogP) is 0.317. The minimum Gasteiger partial charge on any atom is -0.358 e. The van der Waals surface area contributed by atoms with Crippen LogP contribution in [0.3, 0.4) is 0 Å². The Labute approximate surface area is 154 Å². The Morgan fingerprint density at radius 1 is 1.24 bits per heavy atom. The Hall–Kier alpha value is -1.73. The maximum atomic E-state index is 12.9. The molecule has 1 saturated heterocycles. The molecular formula is C18H28FN4OS+. The Kier molecular flexibility index (Phi) is 8.08. The van der Waals surface area contributed by atoms with Crippen molar-refractivity contribution in [3.05, 3.63) is 35.6 Å². The van der Waals surface area contributed by atoms with Crippen molar-refractivity contribution in [3.63, 3.8) is 0 Å². The number of rotatable bonds is 7. The van der Waals surface area contributed by atoms with E-state index in [1.54, 1.807) is 12.1 Å². The lowest BCUT2D eigenvalue weighted by molar-refractivity contribution is -0.895. The fourth-order valence-corrected chi connectivity index (χ4v) is 3.04. The standard InChI is InChI=1S/C18H27FN4OS/c1-2-3-8-20-17(24)14-22-9-11-23(12-10-22)18(25)21-13-15-4-6-16(19)7-5-15/h4-7H,2-3,8-14H2,1H3,(H,20,24)(H,21,25)/p+1. The largest absolute Gasteiger partial charge is 0.358 e. The summed E-state index contributed by atoms with van der Waals surface area (Å²) >= 11 is 5.45. The summed E-state index contributed by atoms with van der Waals surface area (Å²) < 4.78 is 12.9. The first-order valence-electron chi connectivity index (χ1n) is 8.96. The lowest BCUT2D eigenvalue weighted by atomic mass is 10.2. The zero-order chi connectivity index (χ0) is 18.1. The van der Waals surface area contributed by atoms with Gasteiger partial charge >= 0.3 is 0 Å². The van der Waals surface area contributed by atoms with Crippen LogP contribution >= 0.6 is 12.2 Å². The van der Waals surface area contributed by atoms with E-state index in [0.717, 1.165) is 56.2 Å². The molecule has 5 nitrogen and oxygen atoms in total. The zero-order valence-electron chi connectivity index (χ0n) is 14.8. The van der Waals surface area contributed by atoms with Crippen LogP contribution in [0.2, 0.25) is 0 Å². The summed E-state index contributed by atoms with van der Waals surface area (Å²) in [5.41, 5.74) is 0.997. The van der Waals surface area contributed by atoms with Gasteiger partial charge in [0, 0.05) is 13.1 Å². The molecular weight excluding hydrogens is 339 g/mol. The molecule has 0 aromatic heterocycles. The van der Waals surface area contributed by atoms with E-state index in [0.29, 0.717) is 13.1 Å². The normalized spacial score (nSPS) is 15.0. The van der Waals surface area contributed by atoms with Gasteiger partial charge in [0.1, 0.15) is 5.82 Å². The number of unbranched alkanes of at least 4 members (excludes halogenated alkanes) is 1. The van der Waals surface area contributed by atoms with Crippen LogP contribution in [-0.4, -0.2) is 55.2 Å². The summed E-state index contributed by atoms with van der Waals surface area (Å²) in [6, 6.07) is 6.41. The number of quaternary nitrogens is 1. The third-order valence-electron chi connectivity index (χ3n) is 4.38. The number of halogens is 1. The summed E-state index contributed by atoms with van der Waals surface area (Å²) in [5, 5.41) is 6.91. The molecule has 1 heterocycles. The van der Waals surface area contributed by atoms with Gasteiger partial charge in [0.05, 0.1) is 26.2 Å². The van der Waals surface area contributed by atoms with Crippen molar-refractivity contribution in [2.75, 3.05) is 39.3 Å². The molecule has 138 valence electrons. The molecule has 0 unspecified atom stereocenters. The van der Waals surface area contributed by atoms with Gasteiger partial charge in [-0.15, -0.1) is 0 Å². The summed E-state index contributed by atoms with van der Waals surface area (Å²) in [5.74, 6) is -0.0990. The second kappa shape index (κ2) is 10.3. The van der Waals surface area contributed by atoms with Crippen LogP contribution in [0.1, 0.15) is 25.3 Å². The molecule has 2 rings (SSSR count). The van der Waals surface area contributed by atoms with Gasteiger partial charge in [-0.2, -0.15) is 0 Å². The molecule has 3 N–H and O–H groups in total.